The molecule has 10 rings (SSSR count). The molecule has 0 aliphatic heterocycles. The second-order valence-corrected chi connectivity index (χ2v) is 10.8. The molecule has 0 N–H and O–H groups in total. The lowest BCUT2D eigenvalue weighted by molar-refractivity contribution is 0.671. The monoisotopic (exact) mass is 507 g/mol. The zero-order chi connectivity index (χ0) is 25.9. The first-order chi connectivity index (χ1) is 19.9. The van der Waals surface area contributed by atoms with Gasteiger partial charge in [0, 0.05) is 26.9 Å². The number of nitrogens with zero attached hydrogens (tertiary/aromatic N) is 1. The molecule has 1 aliphatic rings. The summed E-state index contributed by atoms with van der Waals surface area (Å²) in [6, 6.07) is 46.1. The van der Waals surface area contributed by atoms with Gasteiger partial charge in [0.05, 0.1) is 16.7 Å². The fraction of sp³-hybridized carbons (Fsp3) is 0. The molecule has 0 fully saturated rings. The van der Waals surface area contributed by atoms with Crippen molar-refractivity contribution in [2.75, 3.05) is 0 Å². The number of fused-ring (bicyclic) bond motifs is 13. The molecule has 2 heteroatoms. The second-order valence-electron chi connectivity index (χ2n) is 10.8. The molecule has 9 aromatic rings. The van der Waals surface area contributed by atoms with Crippen molar-refractivity contribution in [1.82, 2.24) is 4.57 Å². The first-order valence-corrected chi connectivity index (χ1v) is 13.8. The Morgan fingerprint density at radius 1 is 0.400 bits per heavy atom. The summed E-state index contributed by atoms with van der Waals surface area (Å²) in [7, 11) is 0. The highest BCUT2D eigenvalue weighted by Gasteiger charge is 2.26. The minimum atomic E-state index is 0.919. The molecule has 40 heavy (non-hydrogen) atoms. The van der Waals surface area contributed by atoms with E-state index in [-0.39, 0.29) is 0 Å². The molecular formula is C38H21NO. The summed E-state index contributed by atoms with van der Waals surface area (Å²) in [5, 5.41) is 9.88. The Bertz CT molecular complexity index is 2510. The smallest absolute Gasteiger partial charge is 0.160 e. The van der Waals surface area contributed by atoms with Crippen molar-refractivity contribution in [2.24, 2.45) is 0 Å². The largest absolute Gasteiger partial charge is 0.454 e. The van der Waals surface area contributed by atoms with E-state index in [1.54, 1.807) is 0 Å². The van der Waals surface area contributed by atoms with Crippen LogP contribution >= 0.6 is 0 Å². The molecular weight excluding hydrogens is 486 g/mol. The van der Waals surface area contributed by atoms with Crippen LogP contribution < -0.4 is 0 Å². The molecule has 1 aliphatic carbocycles. The lowest BCUT2D eigenvalue weighted by atomic mass is 9.98. The van der Waals surface area contributed by atoms with Crippen LogP contribution in [0.1, 0.15) is 0 Å². The van der Waals surface area contributed by atoms with Gasteiger partial charge in [0.25, 0.3) is 0 Å². The summed E-state index contributed by atoms with van der Waals surface area (Å²) in [5.41, 5.74) is 10.6. The van der Waals surface area contributed by atoms with Gasteiger partial charge < -0.3 is 8.98 Å². The third kappa shape index (κ3) is 2.36. The summed E-state index contributed by atoms with van der Waals surface area (Å²) in [6.45, 7) is 0. The average molecular weight is 508 g/mol. The van der Waals surface area contributed by atoms with E-state index in [1.807, 2.05) is 0 Å². The van der Waals surface area contributed by atoms with Crippen molar-refractivity contribution in [1.29, 1.82) is 0 Å². The van der Waals surface area contributed by atoms with E-state index >= 15 is 0 Å². The number of para-hydroxylation sites is 2. The highest BCUT2D eigenvalue weighted by molar-refractivity contribution is 6.35. The SMILES string of the molecule is c1ccc2c(c1)-c1cccc3c(-n4c5ccccc5c5c6ccccc6c6c7ccccc7oc6c54)ccc-2c13. The molecule has 7 aromatic carbocycles. The van der Waals surface area contributed by atoms with E-state index in [9.17, 15) is 0 Å². The predicted octanol–water partition coefficient (Wildman–Crippen LogP) is 10.6. The Kier molecular flexibility index (Phi) is 3.70. The van der Waals surface area contributed by atoms with Crippen LogP contribution in [0.15, 0.2) is 132 Å². The van der Waals surface area contributed by atoms with Crippen LogP contribution in [-0.2, 0) is 0 Å². The molecule has 184 valence electrons. The summed E-state index contributed by atoms with van der Waals surface area (Å²) >= 11 is 0. The van der Waals surface area contributed by atoms with Gasteiger partial charge in [-0.15, -0.1) is 0 Å². The number of furan rings is 1. The van der Waals surface area contributed by atoms with Gasteiger partial charge >= 0.3 is 0 Å². The van der Waals surface area contributed by atoms with E-state index in [2.05, 4.69) is 132 Å². The van der Waals surface area contributed by atoms with Crippen LogP contribution in [0.5, 0.6) is 0 Å². The molecule has 0 atom stereocenters. The number of rotatable bonds is 1. The maximum absolute atomic E-state index is 6.77. The lowest BCUT2D eigenvalue weighted by Crippen LogP contribution is -1.96. The van der Waals surface area contributed by atoms with Crippen molar-refractivity contribution < 1.29 is 4.42 Å². The second kappa shape index (κ2) is 7.19. The Morgan fingerprint density at radius 2 is 1.00 bits per heavy atom. The number of benzene rings is 7. The van der Waals surface area contributed by atoms with Crippen molar-refractivity contribution in [3.63, 3.8) is 0 Å². The van der Waals surface area contributed by atoms with Gasteiger partial charge in [0.1, 0.15) is 5.58 Å². The van der Waals surface area contributed by atoms with Gasteiger partial charge in [-0.2, -0.15) is 0 Å². The minimum Gasteiger partial charge on any atom is -0.454 e. The maximum atomic E-state index is 6.77. The van der Waals surface area contributed by atoms with Gasteiger partial charge in [-0.3, -0.25) is 0 Å². The average Bonchev–Trinajstić information content (AvgIpc) is 3.67. The van der Waals surface area contributed by atoms with Crippen LogP contribution in [-0.4, -0.2) is 4.57 Å². The van der Waals surface area contributed by atoms with Gasteiger partial charge in [0.2, 0.25) is 0 Å². The van der Waals surface area contributed by atoms with E-state index < -0.39 is 0 Å². The maximum Gasteiger partial charge on any atom is 0.160 e. The molecule has 0 saturated carbocycles. The molecule has 2 nitrogen and oxygen atoms in total. The Hall–Kier alpha value is -5.34. The standard InChI is InChI=1S/C38H21NO/c1-2-11-23-22(10-1)24-16-9-17-28-32(21-20-27(23)34(24)28)39-31-18-7-5-14-29(31)35-25-12-3-4-13-26(25)36-30-15-6-8-19-33(30)40-38(36)37(35)39/h1-21H. The summed E-state index contributed by atoms with van der Waals surface area (Å²) in [4.78, 5) is 0. The van der Waals surface area contributed by atoms with Crippen molar-refractivity contribution in [2.45, 2.75) is 0 Å². The van der Waals surface area contributed by atoms with Gasteiger partial charge in [-0.25, -0.2) is 0 Å². The molecule has 0 radical (unpaired) electrons. The number of aromatic nitrogens is 1. The Labute approximate surface area is 229 Å². The number of hydrogen-bond donors (Lipinski definition) is 0. The van der Waals surface area contributed by atoms with Crippen LogP contribution in [0.25, 0.3) is 93.2 Å². The zero-order valence-electron chi connectivity index (χ0n) is 21.5. The fourth-order valence-electron chi connectivity index (χ4n) is 7.36. The first-order valence-electron chi connectivity index (χ1n) is 13.8. The van der Waals surface area contributed by atoms with Crippen LogP contribution in [0.2, 0.25) is 0 Å². The van der Waals surface area contributed by atoms with E-state index in [4.69, 9.17) is 4.42 Å². The highest BCUT2D eigenvalue weighted by atomic mass is 16.3. The molecule has 0 spiro atoms. The Morgan fingerprint density at radius 3 is 1.82 bits per heavy atom. The predicted molar refractivity (Wildman–Crippen MR) is 168 cm³/mol. The zero-order valence-corrected chi connectivity index (χ0v) is 21.5. The van der Waals surface area contributed by atoms with Gasteiger partial charge in [0.15, 0.2) is 5.58 Å². The van der Waals surface area contributed by atoms with E-state index in [1.165, 1.54) is 71.2 Å². The molecule has 2 heterocycles. The molecule has 2 aromatic heterocycles. The summed E-state index contributed by atoms with van der Waals surface area (Å²) in [5.74, 6) is 0. The molecule has 0 bridgehead atoms. The van der Waals surface area contributed by atoms with Gasteiger partial charge in [-0.1, -0.05) is 109 Å². The summed E-state index contributed by atoms with van der Waals surface area (Å²) < 4.78 is 9.22. The van der Waals surface area contributed by atoms with Crippen LogP contribution in [0.4, 0.5) is 0 Å². The van der Waals surface area contributed by atoms with Crippen molar-refractivity contribution in [3.8, 4) is 27.9 Å². The van der Waals surface area contributed by atoms with Crippen LogP contribution in [0, 0.1) is 0 Å². The molecule has 0 amide bonds. The summed E-state index contributed by atoms with van der Waals surface area (Å²) in [6.07, 6.45) is 0. The lowest BCUT2D eigenvalue weighted by Gasteiger charge is -2.14. The fourth-order valence-corrected chi connectivity index (χ4v) is 7.36. The highest BCUT2D eigenvalue weighted by Crippen LogP contribution is 2.50. The number of hydrogen-bond acceptors (Lipinski definition) is 1. The van der Waals surface area contributed by atoms with Crippen LogP contribution in [0.3, 0.4) is 0 Å². The quantitative estimate of drug-likeness (QED) is 0.216. The molecule has 0 unspecified atom stereocenters. The van der Waals surface area contributed by atoms with Gasteiger partial charge in [-0.05, 0) is 56.6 Å². The normalized spacial score (nSPS) is 12.5. The van der Waals surface area contributed by atoms with E-state index in [0.29, 0.717) is 0 Å². The third-order valence-electron chi connectivity index (χ3n) is 8.92. The topological polar surface area (TPSA) is 18.1 Å². The molecule has 0 saturated heterocycles. The van der Waals surface area contributed by atoms with E-state index in [0.717, 1.165) is 22.1 Å². The Balaban J connectivity index is 1.48. The minimum absolute atomic E-state index is 0.919. The third-order valence-corrected chi connectivity index (χ3v) is 8.92. The van der Waals surface area contributed by atoms with Crippen molar-refractivity contribution >= 4 is 65.3 Å². The first kappa shape index (κ1) is 20.6. The van der Waals surface area contributed by atoms with Crippen molar-refractivity contribution in [3.05, 3.63) is 127 Å².